The molecule has 0 spiro atoms. The molecule has 0 fully saturated rings. The monoisotopic (exact) mass is 244 g/mol. The Morgan fingerprint density at radius 1 is 1.22 bits per heavy atom. The molecule has 0 aromatic carbocycles. The van der Waals surface area contributed by atoms with Crippen molar-refractivity contribution in [1.29, 1.82) is 0 Å². The fourth-order valence-corrected chi connectivity index (χ4v) is 1.37. The van der Waals surface area contributed by atoms with Crippen LogP contribution in [0.1, 0.15) is 19.0 Å². The lowest BCUT2D eigenvalue weighted by molar-refractivity contribution is 0.458. The minimum absolute atomic E-state index is 0.460. The van der Waals surface area contributed by atoms with Gasteiger partial charge in [-0.2, -0.15) is 4.98 Å². The fraction of sp³-hybridized carbons (Fsp3) is 0.308. The van der Waals surface area contributed by atoms with Gasteiger partial charge in [0, 0.05) is 12.2 Å². The quantitative estimate of drug-likeness (QED) is 0.876. The number of nitrogens with one attached hydrogen (secondary N) is 1. The largest absolute Gasteiger partial charge is 0.436 e. The van der Waals surface area contributed by atoms with Crippen molar-refractivity contribution in [3.63, 3.8) is 0 Å². The first-order valence-electron chi connectivity index (χ1n) is 5.94. The Hall–Kier alpha value is -2.17. The first-order valence-corrected chi connectivity index (χ1v) is 5.94. The zero-order valence-electron chi connectivity index (χ0n) is 10.6. The lowest BCUT2D eigenvalue weighted by Crippen LogP contribution is -2.03. The lowest BCUT2D eigenvalue weighted by Gasteiger charge is -2.07. The van der Waals surface area contributed by atoms with Crippen molar-refractivity contribution in [2.24, 2.45) is 0 Å². The zero-order valence-corrected chi connectivity index (χ0v) is 10.6. The third-order valence-electron chi connectivity index (χ3n) is 2.28. The highest BCUT2D eigenvalue weighted by atomic mass is 16.5. The molecule has 0 aliphatic heterocycles. The molecule has 1 N–H and O–H groups in total. The number of pyridine rings is 1. The molecule has 0 bridgehead atoms. The topological polar surface area (TPSA) is 59.9 Å². The Morgan fingerprint density at radius 2 is 2.11 bits per heavy atom. The summed E-state index contributed by atoms with van der Waals surface area (Å²) in [4.78, 5) is 12.5. The van der Waals surface area contributed by atoms with Crippen molar-refractivity contribution < 1.29 is 4.74 Å². The van der Waals surface area contributed by atoms with Crippen molar-refractivity contribution >= 4 is 5.82 Å². The predicted octanol–water partition coefficient (Wildman–Crippen LogP) is 2.79. The van der Waals surface area contributed by atoms with Crippen molar-refractivity contribution in [1.82, 2.24) is 15.0 Å². The van der Waals surface area contributed by atoms with E-state index in [9.17, 15) is 0 Å². The minimum atomic E-state index is 0.460. The molecule has 0 radical (unpaired) electrons. The summed E-state index contributed by atoms with van der Waals surface area (Å²) < 4.78 is 5.58. The number of rotatable bonds is 5. The van der Waals surface area contributed by atoms with Gasteiger partial charge >= 0.3 is 0 Å². The standard InChI is InChI=1S/C13H16N4O/c1-3-6-15-12-8-14-9-13(17-12)18-11-5-4-10(2)16-7-11/h4-5,7-9H,3,6H2,1-2H3,(H,15,17). The molecular formula is C13H16N4O. The number of hydrogen-bond acceptors (Lipinski definition) is 5. The van der Waals surface area contributed by atoms with Gasteiger partial charge in [-0.15, -0.1) is 0 Å². The minimum Gasteiger partial charge on any atom is -0.436 e. The van der Waals surface area contributed by atoms with Crippen molar-refractivity contribution in [3.05, 3.63) is 36.4 Å². The molecule has 2 aromatic rings. The SMILES string of the molecule is CCCNc1cncc(Oc2ccc(C)nc2)n1. The second kappa shape index (κ2) is 5.95. The number of hydrogen-bond donors (Lipinski definition) is 1. The summed E-state index contributed by atoms with van der Waals surface area (Å²) in [5.41, 5.74) is 0.951. The molecule has 18 heavy (non-hydrogen) atoms. The van der Waals surface area contributed by atoms with Crippen LogP contribution in [-0.2, 0) is 0 Å². The van der Waals surface area contributed by atoms with Gasteiger partial charge in [0.05, 0.1) is 18.6 Å². The summed E-state index contributed by atoms with van der Waals surface area (Å²) >= 11 is 0. The van der Waals surface area contributed by atoms with Crippen molar-refractivity contribution in [2.75, 3.05) is 11.9 Å². The smallest absolute Gasteiger partial charge is 0.239 e. The normalized spacial score (nSPS) is 10.1. The van der Waals surface area contributed by atoms with E-state index in [4.69, 9.17) is 4.74 Å². The highest BCUT2D eigenvalue weighted by molar-refractivity contribution is 5.34. The van der Waals surface area contributed by atoms with Crippen LogP contribution in [0.15, 0.2) is 30.7 Å². The van der Waals surface area contributed by atoms with Crippen LogP contribution in [0, 0.1) is 6.92 Å². The maximum absolute atomic E-state index is 5.58. The third-order valence-corrected chi connectivity index (χ3v) is 2.28. The second-order valence-electron chi connectivity index (χ2n) is 3.91. The Balaban J connectivity index is 2.06. The van der Waals surface area contributed by atoms with Gasteiger partial charge in [-0.05, 0) is 25.5 Å². The Kier molecular flexibility index (Phi) is 4.06. The average molecular weight is 244 g/mol. The van der Waals surface area contributed by atoms with Crippen molar-refractivity contribution in [3.8, 4) is 11.6 Å². The van der Waals surface area contributed by atoms with Crippen molar-refractivity contribution in [2.45, 2.75) is 20.3 Å². The number of aryl methyl sites for hydroxylation is 1. The van der Waals surface area contributed by atoms with Gasteiger partial charge in [0.25, 0.3) is 0 Å². The fourth-order valence-electron chi connectivity index (χ4n) is 1.37. The summed E-state index contributed by atoms with van der Waals surface area (Å²) in [6.45, 7) is 4.89. The van der Waals surface area contributed by atoms with Crippen LogP contribution in [-0.4, -0.2) is 21.5 Å². The second-order valence-corrected chi connectivity index (χ2v) is 3.91. The van der Waals surface area contributed by atoms with E-state index in [1.54, 1.807) is 18.6 Å². The van der Waals surface area contributed by atoms with E-state index in [1.807, 2.05) is 19.1 Å². The zero-order chi connectivity index (χ0) is 12.8. The Labute approximate surface area is 106 Å². The number of nitrogens with zero attached hydrogens (tertiary/aromatic N) is 3. The summed E-state index contributed by atoms with van der Waals surface area (Å²) in [6, 6.07) is 3.75. The number of anilines is 1. The molecule has 2 rings (SSSR count). The highest BCUT2D eigenvalue weighted by Gasteiger charge is 2.01. The summed E-state index contributed by atoms with van der Waals surface area (Å²) in [6.07, 6.45) is 5.96. The third kappa shape index (κ3) is 3.41. The summed E-state index contributed by atoms with van der Waals surface area (Å²) in [5.74, 6) is 1.83. The van der Waals surface area contributed by atoms with Gasteiger partial charge < -0.3 is 10.1 Å². The first-order chi connectivity index (χ1) is 8.78. The molecule has 5 heteroatoms. The molecule has 5 nitrogen and oxygen atoms in total. The van der Waals surface area contributed by atoms with Crippen LogP contribution in [0.25, 0.3) is 0 Å². The maximum Gasteiger partial charge on any atom is 0.239 e. The Bertz CT molecular complexity index is 499. The molecule has 0 aliphatic carbocycles. The van der Waals surface area contributed by atoms with Gasteiger partial charge in [-0.3, -0.25) is 9.97 Å². The van der Waals surface area contributed by atoms with E-state index in [2.05, 4.69) is 27.2 Å². The van der Waals surface area contributed by atoms with Gasteiger partial charge in [-0.1, -0.05) is 6.92 Å². The molecule has 0 amide bonds. The van der Waals surface area contributed by atoms with E-state index in [0.29, 0.717) is 11.6 Å². The Morgan fingerprint density at radius 3 is 2.83 bits per heavy atom. The first kappa shape index (κ1) is 12.3. The summed E-state index contributed by atoms with van der Waals surface area (Å²) in [5, 5.41) is 3.16. The summed E-state index contributed by atoms with van der Waals surface area (Å²) in [7, 11) is 0. The van der Waals surface area contributed by atoms with E-state index in [-0.39, 0.29) is 0 Å². The molecule has 0 aliphatic rings. The number of aromatic nitrogens is 3. The van der Waals surface area contributed by atoms with Crippen LogP contribution >= 0.6 is 0 Å². The molecule has 0 saturated heterocycles. The van der Waals surface area contributed by atoms with Crippen LogP contribution in [0.5, 0.6) is 11.6 Å². The van der Waals surface area contributed by atoms with Crippen LogP contribution in [0.3, 0.4) is 0 Å². The molecule has 2 heterocycles. The van der Waals surface area contributed by atoms with E-state index < -0.39 is 0 Å². The average Bonchev–Trinajstić information content (AvgIpc) is 2.40. The van der Waals surface area contributed by atoms with E-state index >= 15 is 0 Å². The molecule has 0 saturated carbocycles. The van der Waals surface area contributed by atoms with Gasteiger partial charge in [-0.25, -0.2) is 0 Å². The van der Waals surface area contributed by atoms with Crippen LogP contribution < -0.4 is 10.1 Å². The predicted molar refractivity (Wildman–Crippen MR) is 69.9 cm³/mol. The molecule has 94 valence electrons. The molecule has 0 atom stereocenters. The van der Waals surface area contributed by atoms with Gasteiger partial charge in [0.2, 0.25) is 5.88 Å². The number of ether oxygens (including phenoxy) is 1. The highest BCUT2D eigenvalue weighted by Crippen LogP contribution is 2.18. The van der Waals surface area contributed by atoms with Gasteiger partial charge in [0.1, 0.15) is 11.6 Å². The van der Waals surface area contributed by atoms with E-state index in [1.165, 1.54) is 0 Å². The maximum atomic E-state index is 5.58. The van der Waals surface area contributed by atoms with Crippen LogP contribution in [0.4, 0.5) is 5.82 Å². The van der Waals surface area contributed by atoms with Gasteiger partial charge in [0.15, 0.2) is 0 Å². The van der Waals surface area contributed by atoms with Crippen LogP contribution in [0.2, 0.25) is 0 Å². The molecular weight excluding hydrogens is 228 g/mol. The van der Waals surface area contributed by atoms with E-state index in [0.717, 1.165) is 24.5 Å². The molecule has 2 aromatic heterocycles. The lowest BCUT2D eigenvalue weighted by atomic mass is 10.4. The molecule has 0 unspecified atom stereocenters.